The number of nitrogens with two attached hydrogens (primary N) is 1. The van der Waals surface area contributed by atoms with E-state index in [1.165, 1.54) is 22.3 Å². The van der Waals surface area contributed by atoms with Gasteiger partial charge in [0.25, 0.3) is 0 Å². The predicted molar refractivity (Wildman–Crippen MR) is 113 cm³/mol. The monoisotopic (exact) mass is 357 g/mol. The Balaban J connectivity index is 1.85. The molecule has 0 saturated heterocycles. The molecule has 2 heteroatoms. The second kappa shape index (κ2) is 6.45. The summed E-state index contributed by atoms with van der Waals surface area (Å²) < 4.78 is 5.66. The third kappa shape index (κ3) is 2.80. The molecule has 2 nitrogen and oxygen atoms in total. The Morgan fingerprint density at radius 3 is 2.37 bits per heavy atom. The van der Waals surface area contributed by atoms with Crippen LogP contribution in [0.2, 0.25) is 0 Å². The van der Waals surface area contributed by atoms with Crippen LogP contribution in [-0.2, 0) is 5.41 Å². The van der Waals surface area contributed by atoms with Crippen LogP contribution >= 0.6 is 0 Å². The van der Waals surface area contributed by atoms with Crippen LogP contribution in [0.25, 0.3) is 11.1 Å². The van der Waals surface area contributed by atoms with Crippen molar-refractivity contribution in [3.63, 3.8) is 0 Å². The first-order chi connectivity index (χ1) is 12.9. The summed E-state index contributed by atoms with van der Waals surface area (Å²) in [5.41, 5.74) is 13.4. The van der Waals surface area contributed by atoms with Crippen LogP contribution in [0.4, 0.5) is 5.69 Å². The zero-order valence-corrected chi connectivity index (χ0v) is 16.5. The van der Waals surface area contributed by atoms with Gasteiger partial charge < -0.3 is 10.5 Å². The van der Waals surface area contributed by atoms with Crippen molar-refractivity contribution < 1.29 is 4.74 Å². The molecule has 1 aliphatic carbocycles. The zero-order valence-electron chi connectivity index (χ0n) is 16.5. The van der Waals surface area contributed by atoms with E-state index in [0.29, 0.717) is 11.8 Å². The molecule has 2 N–H and O–H groups in total. The lowest BCUT2D eigenvalue weighted by Gasteiger charge is -2.31. The topological polar surface area (TPSA) is 35.2 Å². The smallest absolute Gasteiger partial charge is 0.126 e. The summed E-state index contributed by atoms with van der Waals surface area (Å²) in [6.07, 6.45) is 0. The fraction of sp³-hybridized carbons (Fsp3) is 0.280. The fourth-order valence-corrected chi connectivity index (χ4v) is 4.98. The number of benzene rings is 3. The molecule has 0 amide bonds. The van der Waals surface area contributed by atoms with Crippen molar-refractivity contribution in [3.8, 4) is 16.9 Å². The average molecular weight is 357 g/mol. The fourth-order valence-electron chi connectivity index (χ4n) is 4.98. The minimum Gasteiger partial charge on any atom is -0.496 e. The van der Waals surface area contributed by atoms with Gasteiger partial charge in [-0.2, -0.15) is 0 Å². The number of nitrogen functional groups attached to an aromatic ring is 1. The molecule has 0 saturated carbocycles. The van der Waals surface area contributed by atoms with E-state index >= 15 is 0 Å². The summed E-state index contributed by atoms with van der Waals surface area (Å²) in [4.78, 5) is 0. The quantitative estimate of drug-likeness (QED) is 0.573. The third-order valence-electron chi connectivity index (χ3n) is 6.21. The van der Waals surface area contributed by atoms with Crippen LogP contribution < -0.4 is 10.5 Å². The van der Waals surface area contributed by atoms with Gasteiger partial charge in [0.05, 0.1) is 7.11 Å². The van der Waals surface area contributed by atoms with Crippen molar-refractivity contribution in [2.24, 2.45) is 0 Å². The summed E-state index contributed by atoms with van der Waals surface area (Å²) in [5.74, 6) is 1.72. The number of methoxy groups -OCH3 is 1. The van der Waals surface area contributed by atoms with E-state index in [1.807, 2.05) is 12.1 Å². The van der Waals surface area contributed by atoms with E-state index in [0.717, 1.165) is 17.0 Å². The lowest BCUT2D eigenvalue weighted by Crippen LogP contribution is -2.23. The first-order valence-electron chi connectivity index (χ1n) is 9.56. The molecule has 0 spiro atoms. The lowest BCUT2D eigenvalue weighted by atomic mass is 9.72. The van der Waals surface area contributed by atoms with Crippen molar-refractivity contribution in [1.29, 1.82) is 0 Å². The Morgan fingerprint density at radius 2 is 1.67 bits per heavy atom. The third-order valence-corrected chi connectivity index (χ3v) is 6.21. The molecular formula is C25H27NO. The number of fused-ring (bicyclic) bond motifs is 1. The van der Waals surface area contributed by atoms with Crippen LogP contribution in [0.3, 0.4) is 0 Å². The summed E-state index contributed by atoms with van der Waals surface area (Å²) in [6.45, 7) is 7.02. The summed E-state index contributed by atoms with van der Waals surface area (Å²) in [7, 11) is 1.74. The van der Waals surface area contributed by atoms with Gasteiger partial charge in [0.1, 0.15) is 5.75 Å². The predicted octanol–water partition coefficient (Wildman–Crippen LogP) is 6.12. The minimum absolute atomic E-state index is 0.0466. The number of hydrogen-bond acceptors (Lipinski definition) is 2. The Hall–Kier alpha value is -2.74. The van der Waals surface area contributed by atoms with Crippen molar-refractivity contribution in [2.45, 2.75) is 38.0 Å². The molecule has 27 heavy (non-hydrogen) atoms. The zero-order chi connectivity index (χ0) is 19.2. The summed E-state index contributed by atoms with van der Waals surface area (Å²) in [5, 5.41) is 0. The number of ether oxygens (including phenoxy) is 1. The molecule has 2 atom stereocenters. The normalized spacial score (nSPS) is 20.3. The highest BCUT2D eigenvalue weighted by molar-refractivity contribution is 5.72. The largest absolute Gasteiger partial charge is 0.496 e. The second-order valence-electron chi connectivity index (χ2n) is 8.16. The van der Waals surface area contributed by atoms with Gasteiger partial charge in [0, 0.05) is 11.3 Å². The van der Waals surface area contributed by atoms with Gasteiger partial charge in [-0.25, -0.2) is 0 Å². The molecule has 138 valence electrons. The second-order valence-corrected chi connectivity index (χ2v) is 8.16. The van der Waals surface area contributed by atoms with Gasteiger partial charge in [-0.3, -0.25) is 0 Å². The molecule has 1 aliphatic rings. The maximum Gasteiger partial charge on any atom is 0.126 e. The summed E-state index contributed by atoms with van der Waals surface area (Å²) in [6, 6.07) is 23.5. The molecule has 3 aromatic carbocycles. The molecule has 0 bridgehead atoms. The average Bonchev–Trinajstić information content (AvgIpc) is 2.87. The number of anilines is 1. The van der Waals surface area contributed by atoms with Gasteiger partial charge >= 0.3 is 0 Å². The van der Waals surface area contributed by atoms with Gasteiger partial charge in [0.15, 0.2) is 0 Å². The van der Waals surface area contributed by atoms with Crippen molar-refractivity contribution in [1.82, 2.24) is 0 Å². The maximum absolute atomic E-state index is 6.09. The van der Waals surface area contributed by atoms with Crippen molar-refractivity contribution in [2.75, 3.05) is 12.8 Å². The first-order valence-corrected chi connectivity index (χ1v) is 9.56. The summed E-state index contributed by atoms with van der Waals surface area (Å²) >= 11 is 0. The highest BCUT2D eigenvalue weighted by Gasteiger charge is 2.45. The first kappa shape index (κ1) is 17.7. The SMILES string of the molecule is COc1ccc(C2C(C)c3cc(N)ccc3C2(C)C)cc1-c1ccccc1. The standard InChI is InChI=1S/C25H27NO/c1-16-20-15-19(26)11-12-22(20)25(2,3)24(16)18-10-13-23(27-4)21(14-18)17-8-6-5-7-9-17/h5-16,24H,26H2,1-4H3. The molecule has 4 rings (SSSR count). The molecular weight excluding hydrogens is 330 g/mol. The number of hydrogen-bond donors (Lipinski definition) is 1. The van der Waals surface area contributed by atoms with E-state index in [-0.39, 0.29) is 5.41 Å². The van der Waals surface area contributed by atoms with Gasteiger partial charge in [0.2, 0.25) is 0 Å². The van der Waals surface area contributed by atoms with Crippen molar-refractivity contribution >= 4 is 5.69 Å². The van der Waals surface area contributed by atoms with Gasteiger partial charge in [-0.15, -0.1) is 0 Å². The minimum atomic E-state index is 0.0466. The molecule has 0 aliphatic heterocycles. The molecule has 0 radical (unpaired) electrons. The van der Waals surface area contributed by atoms with Crippen LogP contribution in [0.15, 0.2) is 66.7 Å². The van der Waals surface area contributed by atoms with Gasteiger partial charge in [-0.05, 0) is 63.8 Å². The molecule has 3 aromatic rings. The Labute approximate surface area is 162 Å². The van der Waals surface area contributed by atoms with E-state index in [4.69, 9.17) is 10.5 Å². The van der Waals surface area contributed by atoms with E-state index in [2.05, 4.69) is 75.4 Å². The lowest BCUT2D eigenvalue weighted by molar-refractivity contribution is 0.406. The Bertz CT molecular complexity index is 975. The molecule has 0 aromatic heterocycles. The highest BCUT2D eigenvalue weighted by Crippen LogP contribution is 2.56. The molecule has 2 unspecified atom stereocenters. The van der Waals surface area contributed by atoms with Crippen LogP contribution in [0.1, 0.15) is 49.3 Å². The van der Waals surface area contributed by atoms with E-state index < -0.39 is 0 Å². The maximum atomic E-state index is 6.09. The van der Waals surface area contributed by atoms with Crippen LogP contribution in [0, 0.1) is 0 Å². The van der Waals surface area contributed by atoms with Crippen LogP contribution in [0.5, 0.6) is 5.75 Å². The molecule has 0 heterocycles. The highest BCUT2D eigenvalue weighted by atomic mass is 16.5. The molecule has 0 fully saturated rings. The number of rotatable bonds is 3. The van der Waals surface area contributed by atoms with Gasteiger partial charge in [-0.1, -0.05) is 63.2 Å². The Kier molecular flexibility index (Phi) is 4.22. The van der Waals surface area contributed by atoms with Crippen molar-refractivity contribution in [3.05, 3.63) is 83.4 Å². The van der Waals surface area contributed by atoms with E-state index in [9.17, 15) is 0 Å². The Morgan fingerprint density at radius 1 is 0.926 bits per heavy atom. The van der Waals surface area contributed by atoms with Crippen LogP contribution in [-0.4, -0.2) is 7.11 Å². The van der Waals surface area contributed by atoms with E-state index in [1.54, 1.807) is 7.11 Å².